The summed E-state index contributed by atoms with van der Waals surface area (Å²) < 4.78 is 0. The molecule has 78 valence electrons. The molecule has 1 atom stereocenters. The Balaban J connectivity index is 3.64. The van der Waals surface area contributed by atoms with Gasteiger partial charge >= 0.3 is 0 Å². The summed E-state index contributed by atoms with van der Waals surface area (Å²) in [5.41, 5.74) is 0. The monoisotopic (exact) mass is 203 g/mol. The van der Waals surface area contributed by atoms with E-state index in [2.05, 4.69) is 35.7 Å². The SMILES string of the molecule is CCC(C)NC(=NC)NCCSC. The number of nitrogens with zero attached hydrogens (tertiary/aromatic N) is 1. The molecule has 3 nitrogen and oxygen atoms in total. The molecule has 0 rings (SSSR count). The van der Waals surface area contributed by atoms with Gasteiger partial charge in [0.15, 0.2) is 5.96 Å². The van der Waals surface area contributed by atoms with Gasteiger partial charge in [-0.25, -0.2) is 0 Å². The Kier molecular flexibility index (Phi) is 7.99. The van der Waals surface area contributed by atoms with Crippen LogP contribution >= 0.6 is 11.8 Å². The van der Waals surface area contributed by atoms with Crippen molar-refractivity contribution >= 4 is 17.7 Å². The molecule has 0 aliphatic heterocycles. The fourth-order valence-electron chi connectivity index (χ4n) is 0.802. The van der Waals surface area contributed by atoms with E-state index >= 15 is 0 Å². The molecule has 0 aliphatic carbocycles. The summed E-state index contributed by atoms with van der Waals surface area (Å²) in [4.78, 5) is 4.13. The van der Waals surface area contributed by atoms with Crippen LogP contribution in [-0.2, 0) is 0 Å². The number of aliphatic imine (C=N–C) groups is 1. The van der Waals surface area contributed by atoms with Crippen LogP contribution in [0.2, 0.25) is 0 Å². The van der Waals surface area contributed by atoms with E-state index in [4.69, 9.17) is 0 Å². The second-order valence-corrected chi connectivity index (χ2v) is 3.93. The number of nitrogens with one attached hydrogen (secondary N) is 2. The van der Waals surface area contributed by atoms with E-state index in [9.17, 15) is 0 Å². The zero-order valence-corrected chi connectivity index (χ0v) is 9.87. The van der Waals surface area contributed by atoms with E-state index in [0.717, 1.165) is 24.7 Å². The van der Waals surface area contributed by atoms with Crippen LogP contribution in [0, 0.1) is 0 Å². The maximum Gasteiger partial charge on any atom is 0.191 e. The standard InChI is InChI=1S/C9H21N3S/c1-5-8(2)12-9(10-3)11-6-7-13-4/h8H,5-7H2,1-4H3,(H2,10,11,12). The number of rotatable bonds is 5. The van der Waals surface area contributed by atoms with Crippen LogP contribution in [0.25, 0.3) is 0 Å². The average molecular weight is 203 g/mol. The Hall–Kier alpha value is -0.380. The van der Waals surface area contributed by atoms with Crippen molar-refractivity contribution in [2.75, 3.05) is 25.6 Å². The van der Waals surface area contributed by atoms with Gasteiger partial charge in [0.1, 0.15) is 0 Å². The lowest BCUT2D eigenvalue weighted by molar-refractivity contribution is 0.627. The van der Waals surface area contributed by atoms with Gasteiger partial charge in [-0.3, -0.25) is 4.99 Å². The minimum atomic E-state index is 0.487. The molecule has 0 bridgehead atoms. The second-order valence-electron chi connectivity index (χ2n) is 2.95. The quantitative estimate of drug-likeness (QED) is 0.402. The minimum Gasteiger partial charge on any atom is -0.356 e. The predicted molar refractivity (Wildman–Crippen MR) is 62.6 cm³/mol. The molecule has 0 heterocycles. The first-order chi connectivity index (χ1) is 6.24. The fraction of sp³-hybridized carbons (Fsp3) is 0.889. The Morgan fingerprint density at radius 2 is 2.23 bits per heavy atom. The van der Waals surface area contributed by atoms with Crippen LogP contribution in [0.15, 0.2) is 4.99 Å². The molecule has 0 aromatic rings. The van der Waals surface area contributed by atoms with Gasteiger partial charge in [-0.05, 0) is 19.6 Å². The summed E-state index contributed by atoms with van der Waals surface area (Å²) in [6.45, 7) is 5.28. The molecule has 2 N–H and O–H groups in total. The van der Waals surface area contributed by atoms with Crippen LogP contribution in [0.1, 0.15) is 20.3 Å². The minimum absolute atomic E-state index is 0.487. The molecular formula is C9H21N3S. The van der Waals surface area contributed by atoms with Crippen LogP contribution in [-0.4, -0.2) is 37.6 Å². The van der Waals surface area contributed by atoms with Crippen molar-refractivity contribution in [2.24, 2.45) is 4.99 Å². The highest BCUT2D eigenvalue weighted by Crippen LogP contribution is 1.89. The molecule has 0 aromatic carbocycles. The highest BCUT2D eigenvalue weighted by Gasteiger charge is 2.00. The largest absolute Gasteiger partial charge is 0.356 e. The molecule has 0 fully saturated rings. The molecular weight excluding hydrogens is 182 g/mol. The number of hydrogen-bond donors (Lipinski definition) is 2. The molecule has 0 radical (unpaired) electrons. The average Bonchev–Trinajstić information content (AvgIpc) is 2.16. The van der Waals surface area contributed by atoms with Gasteiger partial charge < -0.3 is 10.6 Å². The maximum absolute atomic E-state index is 4.13. The Bertz CT molecular complexity index is 148. The normalized spacial score (nSPS) is 14.0. The molecule has 0 spiro atoms. The molecule has 1 unspecified atom stereocenters. The lowest BCUT2D eigenvalue weighted by Crippen LogP contribution is -2.42. The van der Waals surface area contributed by atoms with Crippen molar-refractivity contribution in [3.05, 3.63) is 0 Å². The lowest BCUT2D eigenvalue weighted by Gasteiger charge is -2.15. The van der Waals surface area contributed by atoms with Crippen molar-refractivity contribution < 1.29 is 0 Å². The van der Waals surface area contributed by atoms with Crippen molar-refractivity contribution in [1.82, 2.24) is 10.6 Å². The molecule has 0 amide bonds. The van der Waals surface area contributed by atoms with Gasteiger partial charge in [-0.2, -0.15) is 11.8 Å². The summed E-state index contributed by atoms with van der Waals surface area (Å²) in [7, 11) is 1.80. The number of thioether (sulfide) groups is 1. The van der Waals surface area contributed by atoms with E-state index in [0.29, 0.717) is 6.04 Å². The topological polar surface area (TPSA) is 36.4 Å². The summed E-state index contributed by atoms with van der Waals surface area (Å²) >= 11 is 1.83. The summed E-state index contributed by atoms with van der Waals surface area (Å²) in [5, 5.41) is 6.56. The smallest absolute Gasteiger partial charge is 0.191 e. The van der Waals surface area contributed by atoms with Crippen molar-refractivity contribution in [1.29, 1.82) is 0 Å². The molecule has 0 aliphatic rings. The third-order valence-electron chi connectivity index (χ3n) is 1.82. The molecule has 0 saturated heterocycles. The fourth-order valence-corrected chi connectivity index (χ4v) is 1.11. The van der Waals surface area contributed by atoms with Gasteiger partial charge in [-0.1, -0.05) is 6.92 Å². The highest BCUT2D eigenvalue weighted by molar-refractivity contribution is 7.98. The number of hydrogen-bond acceptors (Lipinski definition) is 2. The summed E-state index contributed by atoms with van der Waals surface area (Å²) in [6, 6.07) is 0.487. The van der Waals surface area contributed by atoms with E-state index in [1.165, 1.54) is 0 Å². The Morgan fingerprint density at radius 3 is 2.69 bits per heavy atom. The summed E-state index contributed by atoms with van der Waals surface area (Å²) in [5.74, 6) is 2.02. The molecule has 13 heavy (non-hydrogen) atoms. The molecule has 4 heteroatoms. The van der Waals surface area contributed by atoms with Crippen LogP contribution in [0.5, 0.6) is 0 Å². The van der Waals surface area contributed by atoms with Crippen LogP contribution in [0.4, 0.5) is 0 Å². The van der Waals surface area contributed by atoms with Crippen molar-refractivity contribution in [2.45, 2.75) is 26.3 Å². The first kappa shape index (κ1) is 12.6. The van der Waals surface area contributed by atoms with Gasteiger partial charge in [0.25, 0.3) is 0 Å². The number of guanidine groups is 1. The third-order valence-corrected chi connectivity index (χ3v) is 2.43. The van der Waals surface area contributed by atoms with Gasteiger partial charge in [-0.15, -0.1) is 0 Å². The van der Waals surface area contributed by atoms with Gasteiger partial charge in [0.2, 0.25) is 0 Å². The highest BCUT2D eigenvalue weighted by atomic mass is 32.2. The van der Waals surface area contributed by atoms with E-state index in [1.54, 1.807) is 7.05 Å². The molecule has 0 aromatic heterocycles. The van der Waals surface area contributed by atoms with E-state index in [-0.39, 0.29) is 0 Å². The Labute approximate surface area is 85.8 Å². The van der Waals surface area contributed by atoms with E-state index in [1.807, 2.05) is 11.8 Å². The first-order valence-corrected chi connectivity index (χ1v) is 6.10. The summed E-state index contributed by atoms with van der Waals surface area (Å²) in [6.07, 6.45) is 3.22. The lowest BCUT2D eigenvalue weighted by atomic mass is 10.3. The van der Waals surface area contributed by atoms with Crippen molar-refractivity contribution in [3.8, 4) is 0 Å². The van der Waals surface area contributed by atoms with Crippen LogP contribution in [0.3, 0.4) is 0 Å². The molecule has 0 saturated carbocycles. The predicted octanol–water partition coefficient (Wildman–Crippen LogP) is 1.31. The van der Waals surface area contributed by atoms with E-state index < -0.39 is 0 Å². The van der Waals surface area contributed by atoms with Crippen molar-refractivity contribution in [3.63, 3.8) is 0 Å². The van der Waals surface area contributed by atoms with Crippen LogP contribution < -0.4 is 10.6 Å². The van der Waals surface area contributed by atoms with Gasteiger partial charge in [0, 0.05) is 25.4 Å². The third kappa shape index (κ3) is 6.75. The Morgan fingerprint density at radius 1 is 1.54 bits per heavy atom. The zero-order valence-electron chi connectivity index (χ0n) is 9.05. The first-order valence-electron chi connectivity index (χ1n) is 4.70. The van der Waals surface area contributed by atoms with Gasteiger partial charge in [0.05, 0.1) is 0 Å². The maximum atomic E-state index is 4.13. The second kappa shape index (κ2) is 8.23. The zero-order chi connectivity index (χ0) is 10.1.